The molecule has 1 saturated heterocycles. The predicted octanol–water partition coefficient (Wildman–Crippen LogP) is 4.60. The average Bonchev–Trinajstić information content (AvgIpc) is 3.22. The van der Waals surface area contributed by atoms with Gasteiger partial charge in [0.25, 0.3) is 0 Å². The van der Waals surface area contributed by atoms with Gasteiger partial charge in [-0.1, -0.05) is 12.5 Å². The molecule has 0 aromatic rings. The number of carbonyl (C=O) groups excluding carboxylic acids is 1. The Morgan fingerprint density at radius 2 is 1.85 bits per heavy atom. The molecule has 7 unspecified atom stereocenters. The summed E-state index contributed by atoms with van der Waals surface area (Å²) in [7, 11) is 0. The van der Waals surface area contributed by atoms with E-state index in [1.807, 2.05) is 6.08 Å². The third-order valence-electron chi connectivity index (χ3n) is 10.1. The fourth-order valence-corrected chi connectivity index (χ4v) is 8.99. The quantitative estimate of drug-likeness (QED) is 0.581. The molecule has 4 heteroatoms. The molecule has 3 nitrogen and oxygen atoms in total. The smallest absolute Gasteiger partial charge is 0.174 e. The van der Waals surface area contributed by atoms with Crippen molar-refractivity contribution in [1.29, 1.82) is 0 Å². The van der Waals surface area contributed by atoms with Gasteiger partial charge in [0, 0.05) is 30.1 Å². The molecule has 0 N–H and O–H groups in total. The highest BCUT2D eigenvalue weighted by Crippen LogP contribution is 2.74. The molecule has 0 aromatic heterocycles. The number of ether oxygens (including phenoxy) is 2. The lowest BCUT2D eigenvalue weighted by Gasteiger charge is -2.68. The average molecular weight is 374 g/mol. The summed E-state index contributed by atoms with van der Waals surface area (Å²) in [4.78, 5) is 12.3. The van der Waals surface area contributed by atoms with E-state index >= 15 is 4.39 Å². The lowest BCUT2D eigenvalue weighted by atomic mass is 9.37. The molecule has 5 fully saturated rings. The Balaban J connectivity index is 1.40. The van der Waals surface area contributed by atoms with Crippen molar-refractivity contribution in [3.8, 4) is 0 Å². The first-order valence-electron chi connectivity index (χ1n) is 11.0. The normalized spacial score (nSPS) is 55.2. The lowest BCUT2D eigenvalue weighted by Crippen LogP contribution is -2.67. The zero-order chi connectivity index (χ0) is 18.7. The van der Waals surface area contributed by atoms with Crippen molar-refractivity contribution in [2.45, 2.75) is 76.7 Å². The molecular weight excluding hydrogens is 343 g/mol. The number of fused-ring (bicyclic) bond motifs is 5. The van der Waals surface area contributed by atoms with Crippen molar-refractivity contribution >= 4 is 5.78 Å². The number of carbonyl (C=O) groups is 1. The molecule has 0 bridgehead atoms. The van der Waals surface area contributed by atoms with Gasteiger partial charge >= 0.3 is 0 Å². The van der Waals surface area contributed by atoms with Gasteiger partial charge in [-0.2, -0.15) is 0 Å². The fourth-order valence-electron chi connectivity index (χ4n) is 8.99. The Morgan fingerprint density at radius 3 is 2.59 bits per heavy atom. The summed E-state index contributed by atoms with van der Waals surface area (Å²) in [5, 5.41) is 0. The van der Waals surface area contributed by atoms with Crippen LogP contribution in [0.3, 0.4) is 0 Å². The van der Waals surface area contributed by atoms with E-state index in [1.165, 1.54) is 0 Å². The van der Waals surface area contributed by atoms with Crippen LogP contribution in [0.5, 0.6) is 0 Å². The van der Waals surface area contributed by atoms with Crippen molar-refractivity contribution in [3.05, 3.63) is 11.6 Å². The van der Waals surface area contributed by atoms with Gasteiger partial charge in [0.05, 0.1) is 13.2 Å². The second-order valence-corrected chi connectivity index (χ2v) is 10.6. The lowest BCUT2D eigenvalue weighted by molar-refractivity contribution is -0.251. The Bertz CT molecular complexity index is 740. The predicted molar refractivity (Wildman–Crippen MR) is 98.7 cm³/mol. The summed E-state index contributed by atoms with van der Waals surface area (Å²) in [5.41, 5.74) is -0.591. The van der Waals surface area contributed by atoms with Crippen molar-refractivity contribution in [2.75, 3.05) is 13.2 Å². The number of alkyl halides is 1. The van der Waals surface area contributed by atoms with Crippen LogP contribution in [0, 0.1) is 34.5 Å². The molecule has 6 aliphatic rings. The van der Waals surface area contributed by atoms with Gasteiger partial charge in [0.1, 0.15) is 11.5 Å². The van der Waals surface area contributed by atoms with Crippen LogP contribution in [0.2, 0.25) is 0 Å². The van der Waals surface area contributed by atoms with Crippen LogP contribution in [0.1, 0.15) is 65.2 Å². The Labute approximate surface area is 161 Å². The Morgan fingerprint density at radius 1 is 1.07 bits per heavy atom. The fraction of sp³-hybridized carbons (Fsp3) is 0.870. The van der Waals surface area contributed by atoms with Crippen LogP contribution in [-0.4, -0.2) is 30.5 Å². The highest BCUT2D eigenvalue weighted by atomic mass is 19.1. The number of halogens is 1. The highest BCUT2D eigenvalue weighted by molar-refractivity contribution is 5.82. The minimum Gasteiger partial charge on any atom is -0.347 e. The third kappa shape index (κ3) is 1.75. The van der Waals surface area contributed by atoms with E-state index in [0.717, 1.165) is 37.7 Å². The molecule has 27 heavy (non-hydrogen) atoms. The van der Waals surface area contributed by atoms with E-state index in [2.05, 4.69) is 13.8 Å². The maximum Gasteiger partial charge on any atom is 0.174 e. The van der Waals surface area contributed by atoms with Crippen molar-refractivity contribution in [3.63, 3.8) is 0 Å². The zero-order valence-electron chi connectivity index (χ0n) is 16.6. The molecule has 5 aliphatic carbocycles. The van der Waals surface area contributed by atoms with Gasteiger partial charge < -0.3 is 9.47 Å². The summed E-state index contributed by atoms with van der Waals surface area (Å²) in [5.74, 6) is 1.63. The topological polar surface area (TPSA) is 35.5 Å². The van der Waals surface area contributed by atoms with E-state index in [4.69, 9.17) is 9.47 Å². The molecule has 1 aliphatic heterocycles. The summed E-state index contributed by atoms with van der Waals surface area (Å²) >= 11 is 0. The first-order chi connectivity index (χ1) is 12.9. The number of hydrogen-bond acceptors (Lipinski definition) is 3. The summed E-state index contributed by atoms with van der Waals surface area (Å²) < 4.78 is 28.7. The second kappa shape index (κ2) is 5.05. The number of rotatable bonds is 0. The molecule has 2 spiro atoms. The molecule has 0 amide bonds. The van der Waals surface area contributed by atoms with Crippen LogP contribution < -0.4 is 0 Å². The molecule has 1 heterocycles. The van der Waals surface area contributed by atoms with Crippen molar-refractivity contribution in [1.82, 2.24) is 0 Å². The molecule has 0 radical (unpaired) electrons. The van der Waals surface area contributed by atoms with Crippen molar-refractivity contribution in [2.24, 2.45) is 34.5 Å². The van der Waals surface area contributed by atoms with Gasteiger partial charge in [0.15, 0.2) is 5.79 Å². The van der Waals surface area contributed by atoms with Crippen LogP contribution in [0.25, 0.3) is 0 Å². The minimum atomic E-state index is -1.27. The highest BCUT2D eigenvalue weighted by Gasteiger charge is 2.74. The summed E-state index contributed by atoms with van der Waals surface area (Å²) in [6.45, 7) is 5.81. The minimum absolute atomic E-state index is 0.00796. The van der Waals surface area contributed by atoms with Crippen LogP contribution >= 0.6 is 0 Å². The van der Waals surface area contributed by atoms with Crippen LogP contribution in [0.15, 0.2) is 11.6 Å². The summed E-state index contributed by atoms with van der Waals surface area (Å²) in [6.07, 6.45) is 8.75. The van der Waals surface area contributed by atoms with Crippen molar-refractivity contribution < 1.29 is 18.7 Å². The van der Waals surface area contributed by atoms with Crippen LogP contribution in [-0.2, 0) is 14.3 Å². The standard InChI is InChI=1S/C23H31FO3/c1-14-11-21(24)13-17-16(19-4-3-15(25)12-22(14,19)21)5-7-20(2)18(17)6-8-23(20)26-9-10-27-23/h11,16-19H,3-10,12-13H2,1-2H3. The van der Waals surface area contributed by atoms with Gasteiger partial charge in [-0.05, 0) is 68.8 Å². The largest absolute Gasteiger partial charge is 0.347 e. The van der Waals surface area contributed by atoms with Gasteiger partial charge in [-0.25, -0.2) is 4.39 Å². The van der Waals surface area contributed by atoms with E-state index in [1.54, 1.807) is 0 Å². The maximum absolute atomic E-state index is 16.3. The second-order valence-electron chi connectivity index (χ2n) is 10.6. The molecule has 7 atom stereocenters. The van der Waals surface area contributed by atoms with Gasteiger partial charge in [0.2, 0.25) is 0 Å². The van der Waals surface area contributed by atoms with E-state index in [-0.39, 0.29) is 11.2 Å². The Hall–Kier alpha value is -0.740. The van der Waals surface area contributed by atoms with E-state index < -0.39 is 16.9 Å². The van der Waals surface area contributed by atoms with E-state index in [9.17, 15) is 4.79 Å². The third-order valence-corrected chi connectivity index (χ3v) is 10.1. The number of ketones is 1. The zero-order valence-corrected chi connectivity index (χ0v) is 16.6. The first-order valence-corrected chi connectivity index (χ1v) is 11.0. The monoisotopic (exact) mass is 374 g/mol. The van der Waals surface area contributed by atoms with Crippen LogP contribution in [0.4, 0.5) is 4.39 Å². The molecule has 0 aromatic carbocycles. The van der Waals surface area contributed by atoms with Gasteiger partial charge in [-0.15, -0.1) is 0 Å². The number of hydrogen-bond donors (Lipinski definition) is 0. The SMILES string of the molecule is CC1=CC2(F)CC3C(CCC4(C)C3CCC43OCCO3)C3CCC(=O)CC132. The molecular formula is C23H31FO3. The number of allylic oxidation sites excluding steroid dienone is 2. The maximum atomic E-state index is 16.3. The molecule has 4 saturated carbocycles. The molecule has 6 rings (SSSR count). The molecule has 148 valence electrons. The first kappa shape index (κ1) is 17.1. The van der Waals surface area contributed by atoms with Gasteiger partial charge in [-0.3, -0.25) is 4.79 Å². The van der Waals surface area contributed by atoms with E-state index in [0.29, 0.717) is 56.1 Å². The Kier molecular flexibility index (Phi) is 3.21. The summed E-state index contributed by atoms with van der Waals surface area (Å²) in [6, 6.07) is 0. The number of Topliss-reactive ketones (excluding diaryl/α,β-unsaturated/α-hetero) is 1.